The van der Waals surface area contributed by atoms with Gasteiger partial charge in [-0.15, -0.1) is 0 Å². The summed E-state index contributed by atoms with van der Waals surface area (Å²) in [6.07, 6.45) is 0. The molecule has 0 amide bonds. The minimum Gasteiger partial charge on any atom is -0.409 e. The molecular weight excluding hydrogens is 275 g/mol. The molecule has 0 atom stereocenters. The lowest BCUT2D eigenvalue weighted by Gasteiger charge is -2.05. The number of nitrogens with two attached hydrogens (primary N) is 1. The molecule has 0 radical (unpaired) electrons. The highest BCUT2D eigenvalue weighted by atomic mass is 32.2. The van der Waals surface area contributed by atoms with Gasteiger partial charge in [0.05, 0.1) is 0 Å². The molecule has 5 nitrogen and oxygen atoms in total. The molecule has 0 aliphatic rings. The molecule has 0 saturated carbocycles. The molecule has 18 heavy (non-hydrogen) atoms. The Morgan fingerprint density at radius 1 is 1.56 bits per heavy atom. The average Bonchev–Trinajstić information content (AvgIpc) is 2.76. The number of rotatable bonds is 3. The Morgan fingerprint density at radius 2 is 2.33 bits per heavy atom. The summed E-state index contributed by atoms with van der Waals surface area (Å²) in [6.45, 7) is 1.79. The summed E-state index contributed by atoms with van der Waals surface area (Å²) in [5.41, 5.74) is 5.84. The zero-order chi connectivity index (χ0) is 13.1. The van der Waals surface area contributed by atoms with E-state index in [9.17, 15) is 4.39 Å². The van der Waals surface area contributed by atoms with E-state index in [4.69, 9.17) is 10.9 Å². The molecule has 1 aromatic carbocycles. The van der Waals surface area contributed by atoms with Gasteiger partial charge in [0.1, 0.15) is 11.6 Å². The Balaban J connectivity index is 2.38. The van der Waals surface area contributed by atoms with Crippen LogP contribution < -0.4 is 5.73 Å². The predicted molar refractivity (Wildman–Crippen MR) is 67.7 cm³/mol. The summed E-state index contributed by atoms with van der Waals surface area (Å²) in [6, 6.07) is 4.08. The summed E-state index contributed by atoms with van der Waals surface area (Å²) >= 11 is 2.54. The van der Waals surface area contributed by atoms with E-state index in [1.54, 1.807) is 13.0 Å². The van der Waals surface area contributed by atoms with Crippen LogP contribution in [0.2, 0.25) is 0 Å². The SMILES string of the molecule is Cc1nsc(Sc2ccc(F)cc2C(N)=NO)n1. The van der Waals surface area contributed by atoms with E-state index in [2.05, 4.69) is 14.5 Å². The normalized spacial score (nSPS) is 11.8. The Labute approximate surface area is 111 Å². The van der Waals surface area contributed by atoms with Gasteiger partial charge < -0.3 is 10.9 Å². The maximum absolute atomic E-state index is 13.2. The first-order valence-electron chi connectivity index (χ1n) is 4.86. The van der Waals surface area contributed by atoms with Gasteiger partial charge in [-0.3, -0.25) is 0 Å². The van der Waals surface area contributed by atoms with Crippen LogP contribution in [0, 0.1) is 12.7 Å². The molecule has 0 fully saturated rings. The molecular formula is C10H9FN4OS2. The quantitative estimate of drug-likeness (QED) is 0.391. The fourth-order valence-electron chi connectivity index (χ4n) is 1.26. The second-order valence-electron chi connectivity index (χ2n) is 3.34. The molecule has 0 aliphatic heterocycles. The highest BCUT2D eigenvalue weighted by Crippen LogP contribution is 2.31. The van der Waals surface area contributed by atoms with Crippen LogP contribution in [-0.4, -0.2) is 20.4 Å². The van der Waals surface area contributed by atoms with Crippen LogP contribution in [0.1, 0.15) is 11.4 Å². The molecule has 1 aromatic heterocycles. The number of oxime groups is 1. The van der Waals surface area contributed by atoms with Gasteiger partial charge in [-0.05, 0) is 36.7 Å². The monoisotopic (exact) mass is 284 g/mol. The third-order valence-corrected chi connectivity index (χ3v) is 3.95. The van der Waals surface area contributed by atoms with Crippen LogP contribution in [0.25, 0.3) is 0 Å². The van der Waals surface area contributed by atoms with E-state index in [1.807, 2.05) is 0 Å². The molecule has 1 heterocycles. The molecule has 3 N–H and O–H groups in total. The van der Waals surface area contributed by atoms with Crippen LogP contribution in [-0.2, 0) is 0 Å². The summed E-state index contributed by atoms with van der Waals surface area (Å²) in [5.74, 6) is 0.0857. The van der Waals surface area contributed by atoms with Crippen LogP contribution in [0.4, 0.5) is 4.39 Å². The molecule has 0 spiro atoms. The van der Waals surface area contributed by atoms with E-state index < -0.39 is 5.82 Å². The van der Waals surface area contributed by atoms with Gasteiger partial charge in [0.15, 0.2) is 10.2 Å². The van der Waals surface area contributed by atoms with Crippen LogP contribution in [0.15, 0.2) is 32.6 Å². The average molecular weight is 284 g/mol. The standard InChI is InChI=1S/C10H9FN4OS2/c1-5-13-10(18-15-5)17-8-3-2-6(11)4-7(8)9(12)14-16/h2-4,16H,1H3,(H2,12,14). The van der Waals surface area contributed by atoms with Gasteiger partial charge in [0, 0.05) is 10.5 Å². The number of hydrogen-bond donors (Lipinski definition) is 2. The van der Waals surface area contributed by atoms with Crippen molar-refractivity contribution in [3.8, 4) is 0 Å². The lowest BCUT2D eigenvalue weighted by atomic mass is 10.2. The molecule has 0 bridgehead atoms. The van der Waals surface area contributed by atoms with Crippen molar-refractivity contribution in [2.45, 2.75) is 16.2 Å². The molecule has 8 heteroatoms. The number of hydrogen-bond acceptors (Lipinski definition) is 6. The number of amidine groups is 1. The van der Waals surface area contributed by atoms with Crippen LogP contribution in [0.3, 0.4) is 0 Å². The first kappa shape index (κ1) is 12.8. The van der Waals surface area contributed by atoms with E-state index >= 15 is 0 Å². The Hall–Kier alpha value is -1.67. The van der Waals surface area contributed by atoms with Gasteiger partial charge in [-0.1, -0.05) is 16.9 Å². The van der Waals surface area contributed by atoms with Crippen molar-refractivity contribution < 1.29 is 9.60 Å². The van der Waals surface area contributed by atoms with Crippen molar-refractivity contribution in [3.05, 3.63) is 35.4 Å². The first-order chi connectivity index (χ1) is 8.60. The summed E-state index contributed by atoms with van der Waals surface area (Å²) < 4.78 is 17.9. The summed E-state index contributed by atoms with van der Waals surface area (Å²) in [5, 5.41) is 11.6. The van der Waals surface area contributed by atoms with Crippen molar-refractivity contribution >= 4 is 29.1 Å². The van der Waals surface area contributed by atoms with Gasteiger partial charge in [0.2, 0.25) is 0 Å². The van der Waals surface area contributed by atoms with Crippen molar-refractivity contribution in [3.63, 3.8) is 0 Å². The summed E-state index contributed by atoms with van der Waals surface area (Å²) in [4.78, 5) is 4.84. The lowest BCUT2D eigenvalue weighted by molar-refractivity contribution is 0.318. The highest BCUT2D eigenvalue weighted by molar-refractivity contribution is 8.01. The van der Waals surface area contributed by atoms with Crippen molar-refractivity contribution in [1.82, 2.24) is 9.36 Å². The zero-order valence-electron chi connectivity index (χ0n) is 9.29. The first-order valence-corrected chi connectivity index (χ1v) is 6.44. The largest absolute Gasteiger partial charge is 0.409 e. The second kappa shape index (κ2) is 5.32. The van der Waals surface area contributed by atoms with E-state index in [-0.39, 0.29) is 5.84 Å². The van der Waals surface area contributed by atoms with Gasteiger partial charge >= 0.3 is 0 Å². The predicted octanol–water partition coefficient (Wildman–Crippen LogP) is 2.23. The molecule has 0 aliphatic carbocycles. The summed E-state index contributed by atoms with van der Waals surface area (Å²) in [7, 11) is 0. The molecule has 2 rings (SSSR count). The Kier molecular flexibility index (Phi) is 3.78. The third-order valence-electron chi connectivity index (χ3n) is 2.03. The fraction of sp³-hybridized carbons (Fsp3) is 0.100. The van der Waals surface area contributed by atoms with Gasteiger partial charge in [-0.2, -0.15) is 4.37 Å². The van der Waals surface area contributed by atoms with E-state index in [1.165, 1.54) is 35.4 Å². The van der Waals surface area contributed by atoms with E-state index in [0.29, 0.717) is 20.6 Å². The van der Waals surface area contributed by atoms with Crippen molar-refractivity contribution in [2.75, 3.05) is 0 Å². The second-order valence-corrected chi connectivity index (χ2v) is 5.38. The number of aryl methyl sites for hydroxylation is 1. The Morgan fingerprint density at radius 3 is 2.94 bits per heavy atom. The minimum atomic E-state index is -0.450. The van der Waals surface area contributed by atoms with Crippen molar-refractivity contribution in [2.24, 2.45) is 10.9 Å². The minimum absolute atomic E-state index is 0.141. The molecule has 94 valence electrons. The zero-order valence-corrected chi connectivity index (χ0v) is 10.9. The topological polar surface area (TPSA) is 84.4 Å². The fourth-order valence-corrected chi connectivity index (χ4v) is 2.99. The smallest absolute Gasteiger partial charge is 0.174 e. The lowest BCUT2D eigenvalue weighted by Crippen LogP contribution is -2.14. The van der Waals surface area contributed by atoms with Crippen LogP contribution >= 0.6 is 23.3 Å². The number of aromatic nitrogens is 2. The highest BCUT2D eigenvalue weighted by Gasteiger charge is 2.12. The van der Waals surface area contributed by atoms with Crippen LogP contribution in [0.5, 0.6) is 0 Å². The number of nitrogens with zero attached hydrogens (tertiary/aromatic N) is 3. The van der Waals surface area contributed by atoms with Gasteiger partial charge in [0.25, 0.3) is 0 Å². The molecule has 0 unspecified atom stereocenters. The molecule has 2 aromatic rings. The van der Waals surface area contributed by atoms with Crippen molar-refractivity contribution in [1.29, 1.82) is 0 Å². The maximum atomic E-state index is 13.2. The molecule has 0 saturated heterocycles. The van der Waals surface area contributed by atoms with Gasteiger partial charge in [-0.25, -0.2) is 9.37 Å². The number of halogens is 1. The maximum Gasteiger partial charge on any atom is 0.174 e. The van der Waals surface area contributed by atoms with E-state index in [0.717, 1.165) is 0 Å². The third kappa shape index (κ3) is 2.77. The Bertz CT molecular complexity index is 599. The number of benzene rings is 1.